The number of carbonyl (C=O) groups excluding carboxylic acids is 1. The van der Waals surface area contributed by atoms with Crippen LogP contribution in [0, 0.1) is 6.92 Å². The van der Waals surface area contributed by atoms with Gasteiger partial charge in [0.25, 0.3) is 10.0 Å². The van der Waals surface area contributed by atoms with Crippen molar-refractivity contribution in [3.63, 3.8) is 0 Å². The van der Waals surface area contributed by atoms with Crippen LogP contribution in [0.3, 0.4) is 0 Å². The van der Waals surface area contributed by atoms with E-state index in [0.29, 0.717) is 10.9 Å². The number of rotatable bonds is 4. The lowest BCUT2D eigenvalue weighted by atomic mass is 10.2. The maximum absolute atomic E-state index is 13.0. The summed E-state index contributed by atoms with van der Waals surface area (Å²) in [6.45, 7) is 1.88. The van der Waals surface area contributed by atoms with Crippen molar-refractivity contribution in [1.82, 2.24) is 13.9 Å². The molecule has 0 bridgehead atoms. The first-order chi connectivity index (χ1) is 13.4. The van der Waals surface area contributed by atoms with Gasteiger partial charge in [0.15, 0.2) is 11.3 Å². The van der Waals surface area contributed by atoms with Crippen LogP contribution >= 0.6 is 0 Å². The van der Waals surface area contributed by atoms with Crippen LogP contribution in [0.5, 0.6) is 0 Å². The number of oxazole rings is 1. The molecule has 4 aromatic rings. The lowest BCUT2D eigenvalue weighted by Crippen LogP contribution is -2.12. The average molecular weight is 397 g/mol. The summed E-state index contributed by atoms with van der Waals surface area (Å²) in [7, 11) is -2.57. The molecule has 0 N–H and O–H groups in total. The molecule has 0 aliphatic carbocycles. The maximum Gasteiger partial charge on any atom is 0.360 e. The first kappa shape index (κ1) is 17.9. The van der Waals surface area contributed by atoms with Crippen LogP contribution in [-0.2, 0) is 14.8 Å². The van der Waals surface area contributed by atoms with E-state index >= 15 is 0 Å². The number of fused-ring (bicyclic) bond motifs is 1. The molecule has 28 heavy (non-hydrogen) atoms. The Morgan fingerprint density at radius 1 is 1.14 bits per heavy atom. The summed E-state index contributed by atoms with van der Waals surface area (Å²) in [4.78, 5) is 20.1. The molecule has 142 valence electrons. The Morgan fingerprint density at radius 3 is 2.61 bits per heavy atom. The van der Waals surface area contributed by atoms with Crippen molar-refractivity contribution in [3.05, 3.63) is 66.3 Å². The number of aryl methyl sites for hydroxylation is 1. The van der Waals surface area contributed by atoms with Gasteiger partial charge in [-0.05, 0) is 31.2 Å². The fourth-order valence-corrected chi connectivity index (χ4v) is 4.12. The number of hydrogen-bond acceptors (Lipinski definition) is 7. The monoisotopic (exact) mass is 397 g/mol. The zero-order valence-electron chi connectivity index (χ0n) is 15.0. The molecule has 3 aromatic heterocycles. The molecule has 0 unspecified atom stereocenters. The molecule has 0 atom stereocenters. The summed E-state index contributed by atoms with van der Waals surface area (Å²) >= 11 is 0. The lowest BCUT2D eigenvalue weighted by Gasteiger charge is -2.07. The summed E-state index contributed by atoms with van der Waals surface area (Å²) in [5.41, 5.74) is 1.73. The SMILES string of the molecule is COC(=O)c1coc(-c2ccnc3c2ccn3S(=O)(=O)c2ccc(C)cc2)n1. The molecule has 0 saturated carbocycles. The van der Waals surface area contributed by atoms with Crippen molar-refractivity contribution in [3.8, 4) is 11.5 Å². The Bertz CT molecular complexity index is 1290. The van der Waals surface area contributed by atoms with Gasteiger partial charge in [-0.25, -0.2) is 27.2 Å². The third kappa shape index (κ3) is 2.85. The van der Waals surface area contributed by atoms with Crippen molar-refractivity contribution in [2.24, 2.45) is 0 Å². The predicted molar refractivity (Wildman–Crippen MR) is 100 cm³/mol. The summed E-state index contributed by atoms with van der Waals surface area (Å²) in [5.74, 6) is -0.460. The lowest BCUT2D eigenvalue weighted by molar-refractivity contribution is 0.0594. The van der Waals surface area contributed by atoms with Gasteiger partial charge in [0, 0.05) is 23.3 Å². The van der Waals surface area contributed by atoms with Gasteiger partial charge in [0.2, 0.25) is 5.89 Å². The van der Waals surface area contributed by atoms with E-state index in [2.05, 4.69) is 14.7 Å². The second kappa shape index (κ2) is 6.61. The molecule has 0 radical (unpaired) electrons. The first-order valence-electron chi connectivity index (χ1n) is 8.24. The number of carbonyl (C=O) groups is 1. The molecule has 0 aliphatic heterocycles. The van der Waals surface area contributed by atoms with E-state index in [0.717, 1.165) is 9.54 Å². The van der Waals surface area contributed by atoms with Crippen molar-refractivity contribution < 1.29 is 22.4 Å². The van der Waals surface area contributed by atoms with Gasteiger partial charge >= 0.3 is 5.97 Å². The zero-order valence-corrected chi connectivity index (χ0v) is 15.8. The number of aromatic nitrogens is 3. The van der Waals surface area contributed by atoms with Crippen molar-refractivity contribution in [2.75, 3.05) is 7.11 Å². The van der Waals surface area contributed by atoms with E-state index in [-0.39, 0.29) is 22.1 Å². The predicted octanol–water partition coefficient (Wildman–Crippen LogP) is 3.02. The second-order valence-electron chi connectivity index (χ2n) is 6.05. The summed E-state index contributed by atoms with van der Waals surface area (Å²) in [6, 6.07) is 9.83. The normalized spacial score (nSPS) is 11.6. The Kier molecular flexibility index (Phi) is 4.23. The Labute approximate surface area is 160 Å². The molecule has 3 heterocycles. The van der Waals surface area contributed by atoms with Crippen LogP contribution in [0.4, 0.5) is 0 Å². The second-order valence-corrected chi connectivity index (χ2v) is 7.87. The number of esters is 1. The molecular formula is C19H15N3O5S. The molecule has 0 spiro atoms. The van der Waals surface area contributed by atoms with E-state index < -0.39 is 16.0 Å². The van der Waals surface area contributed by atoms with Crippen LogP contribution in [0.1, 0.15) is 16.1 Å². The molecule has 9 heteroatoms. The molecule has 4 rings (SSSR count). The van der Waals surface area contributed by atoms with E-state index in [1.54, 1.807) is 36.4 Å². The van der Waals surface area contributed by atoms with Gasteiger partial charge in [-0.2, -0.15) is 0 Å². The summed E-state index contributed by atoms with van der Waals surface area (Å²) in [6.07, 6.45) is 4.08. The number of methoxy groups -OCH3 is 1. The topological polar surface area (TPSA) is 104 Å². The molecular weight excluding hydrogens is 382 g/mol. The standard InChI is InChI=1S/C19H15N3O5S/c1-12-3-5-13(6-4-12)28(24,25)22-10-8-14-15(7-9-20-17(14)22)18-21-16(11-27-18)19(23)26-2/h3-11H,1-2H3. The van der Waals surface area contributed by atoms with Crippen LogP contribution in [-0.4, -0.2) is 35.4 Å². The fraction of sp³-hybridized carbons (Fsp3) is 0.105. The van der Waals surface area contributed by atoms with Crippen LogP contribution in [0.25, 0.3) is 22.5 Å². The minimum absolute atomic E-state index is 0.0224. The van der Waals surface area contributed by atoms with Gasteiger partial charge in [-0.15, -0.1) is 0 Å². The molecule has 8 nitrogen and oxygen atoms in total. The minimum Gasteiger partial charge on any atom is -0.464 e. The number of hydrogen-bond donors (Lipinski definition) is 0. The highest BCUT2D eigenvalue weighted by atomic mass is 32.2. The summed E-state index contributed by atoms with van der Waals surface area (Å²) < 4.78 is 37.2. The minimum atomic E-state index is -3.82. The smallest absolute Gasteiger partial charge is 0.360 e. The average Bonchev–Trinajstić information content (AvgIpc) is 3.35. The Hall–Kier alpha value is -3.46. The Balaban J connectivity index is 1.84. The van der Waals surface area contributed by atoms with Gasteiger partial charge in [-0.1, -0.05) is 17.7 Å². The molecule has 1 aromatic carbocycles. The van der Waals surface area contributed by atoms with Crippen molar-refractivity contribution in [2.45, 2.75) is 11.8 Å². The third-order valence-electron chi connectivity index (χ3n) is 4.26. The molecule has 0 saturated heterocycles. The number of pyridine rings is 1. The van der Waals surface area contributed by atoms with Crippen LogP contribution in [0.2, 0.25) is 0 Å². The highest BCUT2D eigenvalue weighted by Gasteiger charge is 2.22. The number of nitrogens with zero attached hydrogens (tertiary/aromatic N) is 3. The van der Waals surface area contributed by atoms with E-state index in [9.17, 15) is 13.2 Å². The van der Waals surface area contributed by atoms with Crippen LogP contribution < -0.4 is 0 Å². The maximum atomic E-state index is 13.0. The summed E-state index contributed by atoms with van der Waals surface area (Å²) in [5, 5.41) is 0.524. The third-order valence-corrected chi connectivity index (χ3v) is 5.94. The zero-order chi connectivity index (χ0) is 19.9. The van der Waals surface area contributed by atoms with Crippen molar-refractivity contribution >= 4 is 27.0 Å². The highest BCUT2D eigenvalue weighted by molar-refractivity contribution is 7.90. The van der Waals surface area contributed by atoms with Crippen LogP contribution in [0.15, 0.2) is 64.4 Å². The first-order valence-corrected chi connectivity index (χ1v) is 9.68. The number of ether oxygens (including phenoxy) is 1. The fourth-order valence-electron chi connectivity index (χ4n) is 2.81. The highest BCUT2D eigenvalue weighted by Crippen LogP contribution is 2.29. The van der Waals surface area contributed by atoms with Gasteiger partial charge in [0.1, 0.15) is 6.26 Å². The molecule has 0 fully saturated rings. The molecule has 0 aliphatic rings. The van der Waals surface area contributed by atoms with Crippen molar-refractivity contribution in [1.29, 1.82) is 0 Å². The van der Waals surface area contributed by atoms with Gasteiger partial charge in [0.05, 0.1) is 12.0 Å². The molecule has 0 amide bonds. The number of benzene rings is 1. The van der Waals surface area contributed by atoms with E-state index in [4.69, 9.17) is 4.42 Å². The Morgan fingerprint density at radius 2 is 1.89 bits per heavy atom. The quantitative estimate of drug-likeness (QED) is 0.488. The largest absolute Gasteiger partial charge is 0.464 e. The van der Waals surface area contributed by atoms with E-state index in [1.165, 1.54) is 25.8 Å². The van der Waals surface area contributed by atoms with Gasteiger partial charge < -0.3 is 9.15 Å². The van der Waals surface area contributed by atoms with Gasteiger partial charge in [-0.3, -0.25) is 0 Å². The van der Waals surface area contributed by atoms with E-state index in [1.807, 2.05) is 6.92 Å².